The highest BCUT2D eigenvalue weighted by molar-refractivity contribution is 7.91. The molecule has 0 N–H and O–H groups in total. The second kappa shape index (κ2) is 8.10. The van der Waals surface area contributed by atoms with Crippen LogP contribution in [-0.2, 0) is 26.4 Å². The predicted octanol–water partition coefficient (Wildman–Crippen LogP) is 1.84. The number of hydrogen-bond acceptors (Lipinski definition) is 7. The van der Waals surface area contributed by atoms with Crippen LogP contribution in [0.3, 0.4) is 0 Å². The summed E-state index contributed by atoms with van der Waals surface area (Å²) in [6, 6.07) is 4.43. The zero-order chi connectivity index (χ0) is 22.4. The van der Waals surface area contributed by atoms with Crippen LogP contribution in [-0.4, -0.2) is 62.7 Å². The molecule has 31 heavy (non-hydrogen) atoms. The van der Waals surface area contributed by atoms with Crippen molar-refractivity contribution in [2.24, 2.45) is 0 Å². The van der Waals surface area contributed by atoms with E-state index < -0.39 is 19.9 Å². The Morgan fingerprint density at radius 3 is 2.58 bits per heavy atom. The van der Waals surface area contributed by atoms with Gasteiger partial charge in [0.25, 0.3) is 0 Å². The molecular weight excluding hydrogens is 442 g/mol. The Balaban J connectivity index is 1.58. The number of sulfonamides is 1. The largest absolute Gasteiger partial charge is 0.490 e. The molecule has 0 aliphatic carbocycles. The molecule has 0 saturated carbocycles. The Morgan fingerprint density at radius 2 is 1.90 bits per heavy atom. The van der Waals surface area contributed by atoms with Crippen LogP contribution in [0.25, 0.3) is 0 Å². The molecule has 1 atom stereocenters. The van der Waals surface area contributed by atoms with E-state index in [2.05, 4.69) is 5.10 Å². The highest BCUT2D eigenvalue weighted by Gasteiger charge is 2.32. The summed E-state index contributed by atoms with van der Waals surface area (Å²) in [5.74, 6) is 1.19. The summed E-state index contributed by atoms with van der Waals surface area (Å²) in [6.45, 7) is 4.81. The number of benzene rings is 1. The van der Waals surface area contributed by atoms with Crippen molar-refractivity contribution >= 4 is 19.9 Å². The smallest absolute Gasteiger partial charge is 0.243 e. The summed E-state index contributed by atoms with van der Waals surface area (Å²) in [7, 11) is -5.30. The van der Waals surface area contributed by atoms with Gasteiger partial charge in [0, 0.05) is 37.3 Å². The van der Waals surface area contributed by atoms with Gasteiger partial charge in [-0.2, -0.15) is 9.40 Å². The highest BCUT2D eigenvalue weighted by Crippen LogP contribution is 2.33. The molecule has 4 rings (SSSR count). The van der Waals surface area contributed by atoms with E-state index in [1.165, 1.54) is 23.5 Å². The topological polar surface area (TPSA) is 108 Å². The van der Waals surface area contributed by atoms with E-state index in [0.29, 0.717) is 36.8 Å². The lowest BCUT2D eigenvalue weighted by atomic mass is 10.2. The number of nitrogens with zero attached hydrogens (tertiary/aromatic N) is 3. The Kier molecular flexibility index (Phi) is 5.78. The SMILES string of the molecule is Cc1nn(C2CCS(=O)(=O)C2)c(C)c1CN(C)S(=O)(=O)c1ccc2c(c1)OCCCO2. The first-order valence-electron chi connectivity index (χ1n) is 10.2. The van der Waals surface area contributed by atoms with Crippen molar-refractivity contribution in [3.63, 3.8) is 0 Å². The highest BCUT2D eigenvalue weighted by atomic mass is 32.2. The number of hydrogen-bond donors (Lipinski definition) is 0. The van der Waals surface area contributed by atoms with Crippen molar-refractivity contribution in [1.82, 2.24) is 14.1 Å². The summed E-state index contributed by atoms with van der Waals surface area (Å²) in [5.41, 5.74) is 2.27. The van der Waals surface area contributed by atoms with Gasteiger partial charge in [0.2, 0.25) is 10.0 Å². The van der Waals surface area contributed by atoms with Crippen molar-refractivity contribution < 1.29 is 26.3 Å². The number of fused-ring (bicyclic) bond motifs is 1. The van der Waals surface area contributed by atoms with Crippen molar-refractivity contribution in [3.05, 3.63) is 35.2 Å². The van der Waals surface area contributed by atoms with E-state index >= 15 is 0 Å². The summed E-state index contributed by atoms with van der Waals surface area (Å²) in [5, 5.41) is 4.53. The lowest BCUT2D eigenvalue weighted by Crippen LogP contribution is -2.27. The molecule has 1 saturated heterocycles. The summed E-state index contributed by atoms with van der Waals surface area (Å²) < 4.78 is 64.3. The van der Waals surface area contributed by atoms with Gasteiger partial charge >= 0.3 is 0 Å². The van der Waals surface area contributed by atoms with Gasteiger partial charge in [0.1, 0.15) is 0 Å². The number of sulfone groups is 1. The van der Waals surface area contributed by atoms with Crippen molar-refractivity contribution in [1.29, 1.82) is 0 Å². The molecule has 2 aromatic rings. The fraction of sp³-hybridized carbons (Fsp3) is 0.550. The van der Waals surface area contributed by atoms with Gasteiger partial charge in [-0.25, -0.2) is 16.8 Å². The third kappa shape index (κ3) is 4.31. The van der Waals surface area contributed by atoms with Gasteiger partial charge in [-0.05, 0) is 32.4 Å². The van der Waals surface area contributed by atoms with Crippen molar-refractivity contribution in [2.45, 2.75) is 44.2 Å². The molecule has 9 nitrogen and oxygen atoms in total. The maximum atomic E-state index is 13.2. The maximum absolute atomic E-state index is 13.2. The van der Waals surface area contributed by atoms with Crippen LogP contribution in [0.1, 0.15) is 35.8 Å². The maximum Gasteiger partial charge on any atom is 0.243 e. The molecule has 11 heteroatoms. The molecule has 3 heterocycles. The van der Waals surface area contributed by atoms with Crippen LogP contribution in [0, 0.1) is 13.8 Å². The van der Waals surface area contributed by atoms with Gasteiger partial charge in [-0.1, -0.05) is 0 Å². The summed E-state index contributed by atoms with van der Waals surface area (Å²) in [6.07, 6.45) is 1.26. The predicted molar refractivity (Wildman–Crippen MR) is 115 cm³/mol. The van der Waals surface area contributed by atoms with Gasteiger partial charge in [0.05, 0.1) is 41.4 Å². The molecule has 1 aromatic carbocycles. The number of ether oxygens (including phenoxy) is 2. The first-order valence-corrected chi connectivity index (χ1v) is 13.5. The average Bonchev–Trinajstić information content (AvgIpc) is 3.09. The van der Waals surface area contributed by atoms with E-state index in [4.69, 9.17) is 9.47 Å². The van der Waals surface area contributed by atoms with E-state index in [-0.39, 0.29) is 29.0 Å². The average molecular weight is 470 g/mol. The van der Waals surface area contributed by atoms with Crippen LogP contribution in [0.5, 0.6) is 11.5 Å². The lowest BCUT2D eigenvalue weighted by Gasteiger charge is -2.19. The third-order valence-corrected chi connectivity index (χ3v) is 9.39. The van der Waals surface area contributed by atoms with Crippen molar-refractivity contribution in [3.8, 4) is 11.5 Å². The van der Waals surface area contributed by atoms with Gasteiger partial charge < -0.3 is 9.47 Å². The van der Waals surface area contributed by atoms with Gasteiger partial charge in [-0.3, -0.25) is 4.68 Å². The lowest BCUT2D eigenvalue weighted by molar-refractivity contribution is 0.297. The van der Waals surface area contributed by atoms with Gasteiger partial charge in [0.15, 0.2) is 21.3 Å². The molecule has 1 aromatic heterocycles. The zero-order valence-electron chi connectivity index (χ0n) is 17.9. The van der Waals surface area contributed by atoms with Crippen LogP contribution >= 0.6 is 0 Å². The summed E-state index contributed by atoms with van der Waals surface area (Å²) in [4.78, 5) is 0.129. The number of aryl methyl sites for hydroxylation is 1. The Morgan fingerprint density at radius 1 is 1.19 bits per heavy atom. The summed E-state index contributed by atoms with van der Waals surface area (Å²) >= 11 is 0. The standard InChI is InChI=1S/C20H27N3O6S2/c1-14-18(15(2)23(21-14)16-7-10-30(24,25)13-16)12-22(3)31(26,27)17-5-6-19-20(11-17)29-9-4-8-28-19/h5-6,11,16H,4,7-10,12-13H2,1-3H3. The molecule has 0 bridgehead atoms. The van der Waals surface area contributed by atoms with Crippen LogP contribution in [0.15, 0.2) is 23.1 Å². The molecule has 170 valence electrons. The minimum atomic E-state index is -3.78. The van der Waals surface area contributed by atoms with Crippen molar-refractivity contribution in [2.75, 3.05) is 31.8 Å². The van der Waals surface area contributed by atoms with Crippen LogP contribution in [0.2, 0.25) is 0 Å². The van der Waals surface area contributed by atoms with E-state index in [1.807, 2.05) is 13.8 Å². The molecule has 0 spiro atoms. The monoisotopic (exact) mass is 469 g/mol. The Bertz CT molecular complexity index is 1200. The molecule has 0 amide bonds. The fourth-order valence-electron chi connectivity index (χ4n) is 4.04. The third-order valence-electron chi connectivity index (χ3n) is 5.84. The minimum Gasteiger partial charge on any atom is -0.490 e. The number of aromatic nitrogens is 2. The molecular formula is C20H27N3O6S2. The minimum absolute atomic E-state index is 0.0692. The first kappa shape index (κ1) is 22.1. The van der Waals surface area contributed by atoms with E-state index in [1.54, 1.807) is 10.7 Å². The zero-order valence-corrected chi connectivity index (χ0v) is 19.5. The van der Waals surface area contributed by atoms with Crippen LogP contribution in [0.4, 0.5) is 0 Å². The Labute approximate surface area is 182 Å². The Hall–Kier alpha value is -2.11. The quantitative estimate of drug-likeness (QED) is 0.657. The molecule has 1 unspecified atom stereocenters. The second-order valence-electron chi connectivity index (χ2n) is 8.07. The second-order valence-corrected chi connectivity index (χ2v) is 12.3. The van der Waals surface area contributed by atoms with Crippen LogP contribution < -0.4 is 9.47 Å². The molecule has 1 fully saturated rings. The number of rotatable bonds is 5. The molecule has 0 radical (unpaired) electrons. The van der Waals surface area contributed by atoms with Gasteiger partial charge in [-0.15, -0.1) is 0 Å². The molecule has 2 aliphatic rings. The van der Waals surface area contributed by atoms with E-state index in [0.717, 1.165) is 17.7 Å². The van der Waals surface area contributed by atoms with E-state index in [9.17, 15) is 16.8 Å². The first-order chi connectivity index (χ1) is 14.6. The fourth-order valence-corrected chi connectivity index (χ4v) is 6.89. The molecule has 2 aliphatic heterocycles. The normalized spacial score (nSPS) is 20.7.